The van der Waals surface area contributed by atoms with Crippen molar-refractivity contribution in [2.75, 3.05) is 6.61 Å². The maximum atomic E-state index is 6.40. The van der Waals surface area contributed by atoms with Crippen molar-refractivity contribution in [1.82, 2.24) is 9.55 Å². The van der Waals surface area contributed by atoms with Crippen molar-refractivity contribution < 1.29 is 4.74 Å². The number of nitrogens with zero attached hydrogens (tertiary/aromatic N) is 2. The average Bonchev–Trinajstić information content (AvgIpc) is 2.83. The molecule has 114 valence electrons. The Balaban J connectivity index is 2.17. The molecule has 1 saturated carbocycles. The fourth-order valence-corrected chi connectivity index (χ4v) is 3.31. The molecule has 1 heterocycles. The SMILES string of the molecule is CCCOc1cccc2c1nc(C(C)Cl)n2C1(C)CCC1. The minimum atomic E-state index is -0.103. The van der Waals surface area contributed by atoms with Gasteiger partial charge in [0, 0.05) is 5.54 Å². The lowest BCUT2D eigenvalue weighted by Crippen LogP contribution is -2.38. The second kappa shape index (κ2) is 5.53. The van der Waals surface area contributed by atoms with Crippen molar-refractivity contribution in [3.05, 3.63) is 24.0 Å². The highest BCUT2D eigenvalue weighted by Gasteiger charge is 2.37. The molecule has 3 rings (SSSR count). The number of imidazole rings is 1. The lowest BCUT2D eigenvalue weighted by atomic mass is 9.78. The number of ether oxygens (including phenoxy) is 1. The molecule has 0 aliphatic heterocycles. The molecule has 1 unspecified atom stereocenters. The molecular formula is C17H23ClN2O. The highest BCUT2D eigenvalue weighted by atomic mass is 35.5. The lowest BCUT2D eigenvalue weighted by molar-refractivity contribution is 0.169. The van der Waals surface area contributed by atoms with Crippen molar-refractivity contribution in [3.8, 4) is 5.75 Å². The number of para-hydroxylation sites is 1. The monoisotopic (exact) mass is 306 g/mol. The van der Waals surface area contributed by atoms with Crippen molar-refractivity contribution >= 4 is 22.6 Å². The molecule has 0 saturated heterocycles. The normalized spacial score (nSPS) is 18.5. The van der Waals surface area contributed by atoms with Gasteiger partial charge in [0.1, 0.15) is 17.1 Å². The third-order valence-electron chi connectivity index (χ3n) is 4.46. The van der Waals surface area contributed by atoms with Gasteiger partial charge in [-0.25, -0.2) is 4.98 Å². The van der Waals surface area contributed by atoms with Gasteiger partial charge in [-0.15, -0.1) is 11.6 Å². The van der Waals surface area contributed by atoms with Gasteiger partial charge in [-0.2, -0.15) is 0 Å². The first-order valence-corrected chi connectivity index (χ1v) is 8.29. The number of fused-ring (bicyclic) bond motifs is 1. The minimum absolute atomic E-state index is 0.103. The molecule has 0 spiro atoms. The quantitative estimate of drug-likeness (QED) is 0.725. The molecule has 3 nitrogen and oxygen atoms in total. The van der Waals surface area contributed by atoms with Gasteiger partial charge in [0.05, 0.1) is 17.5 Å². The van der Waals surface area contributed by atoms with Crippen molar-refractivity contribution in [2.45, 2.75) is 57.4 Å². The Bertz CT molecular complexity index is 644. The van der Waals surface area contributed by atoms with Crippen LogP contribution in [0.1, 0.15) is 57.7 Å². The fourth-order valence-electron chi connectivity index (χ4n) is 3.17. The minimum Gasteiger partial charge on any atom is -0.491 e. The largest absolute Gasteiger partial charge is 0.491 e. The van der Waals surface area contributed by atoms with E-state index < -0.39 is 0 Å². The van der Waals surface area contributed by atoms with Crippen LogP contribution in [0.25, 0.3) is 11.0 Å². The summed E-state index contributed by atoms with van der Waals surface area (Å²) < 4.78 is 8.21. The standard InChI is InChI=1S/C17H23ClN2O/c1-4-11-21-14-8-5-7-13-15(14)19-16(12(2)18)20(13)17(3)9-6-10-17/h5,7-8,12H,4,6,9-11H2,1-3H3. The van der Waals surface area contributed by atoms with Gasteiger partial charge in [0.25, 0.3) is 0 Å². The first kappa shape index (κ1) is 14.7. The van der Waals surface area contributed by atoms with Crippen LogP contribution in [0.2, 0.25) is 0 Å². The summed E-state index contributed by atoms with van der Waals surface area (Å²) in [5.74, 6) is 1.83. The molecule has 0 N–H and O–H groups in total. The molecule has 0 amide bonds. The first-order chi connectivity index (χ1) is 10.1. The van der Waals surface area contributed by atoms with Gasteiger partial charge < -0.3 is 9.30 Å². The van der Waals surface area contributed by atoms with Crippen LogP contribution in [0.3, 0.4) is 0 Å². The maximum Gasteiger partial charge on any atom is 0.147 e. The van der Waals surface area contributed by atoms with Crippen LogP contribution in [0.4, 0.5) is 0 Å². The molecule has 1 atom stereocenters. The van der Waals surface area contributed by atoms with E-state index in [0.717, 1.165) is 35.6 Å². The second-order valence-corrected chi connectivity index (χ2v) is 6.90. The summed E-state index contributed by atoms with van der Waals surface area (Å²) in [5.41, 5.74) is 2.24. The molecule has 1 fully saturated rings. The van der Waals surface area contributed by atoms with Gasteiger partial charge in [-0.1, -0.05) is 13.0 Å². The predicted molar refractivity (Wildman–Crippen MR) is 87.3 cm³/mol. The van der Waals surface area contributed by atoms with E-state index in [9.17, 15) is 0 Å². The molecule has 1 aliphatic carbocycles. The zero-order chi connectivity index (χ0) is 15.0. The number of aromatic nitrogens is 2. The van der Waals surface area contributed by atoms with E-state index in [-0.39, 0.29) is 10.9 Å². The Morgan fingerprint density at radius 3 is 2.76 bits per heavy atom. The van der Waals surface area contributed by atoms with Crippen LogP contribution in [-0.2, 0) is 5.54 Å². The summed E-state index contributed by atoms with van der Waals surface area (Å²) in [5, 5.41) is -0.103. The summed E-state index contributed by atoms with van der Waals surface area (Å²) in [7, 11) is 0. The van der Waals surface area contributed by atoms with E-state index in [1.807, 2.05) is 13.0 Å². The molecule has 4 heteroatoms. The number of halogens is 1. The van der Waals surface area contributed by atoms with Gasteiger partial charge >= 0.3 is 0 Å². The molecule has 1 aromatic carbocycles. The topological polar surface area (TPSA) is 27.1 Å². The van der Waals surface area contributed by atoms with Crippen LogP contribution in [0.15, 0.2) is 18.2 Å². The summed E-state index contributed by atoms with van der Waals surface area (Å²) >= 11 is 6.40. The zero-order valence-corrected chi connectivity index (χ0v) is 13.8. The van der Waals surface area contributed by atoms with Crippen LogP contribution in [-0.4, -0.2) is 16.2 Å². The number of benzene rings is 1. The van der Waals surface area contributed by atoms with Crippen molar-refractivity contribution in [1.29, 1.82) is 0 Å². The van der Waals surface area contributed by atoms with E-state index in [2.05, 4.69) is 30.5 Å². The van der Waals surface area contributed by atoms with Gasteiger partial charge in [0.2, 0.25) is 0 Å². The highest BCUT2D eigenvalue weighted by Crippen LogP contribution is 2.44. The van der Waals surface area contributed by atoms with E-state index >= 15 is 0 Å². The number of hydrogen-bond acceptors (Lipinski definition) is 2. The number of alkyl halides is 1. The van der Waals surface area contributed by atoms with E-state index in [1.165, 1.54) is 19.3 Å². The Labute approximate surface area is 131 Å². The third kappa shape index (κ3) is 2.42. The number of rotatable bonds is 5. The molecule has 2 aromatic rings. The van der Waals surface area contributed by atoms with Gasteiger partial charge in [-0.3, -0.25) is 0 Å². The van der Waals surface area contributed by atoms with Crippen LogP contribution < -0.4 is 4.74 Å². The van der Waals surface area contributed by atoms with Crippen LogP contribution >= 0.6 is 11.6 Å². The summed E-state index contributed by atoms with van der Waals surface area (Å²) in [4.78, 5) is 4.82. The first-order valence-electron chi connectivity index (χ1n) is 7.85. The molecule has 1 aliphatic rings. The van der Waals surface area contributed by atoms with Crippen molar-refractivity contribution in [3.63, 3.8) is 0 Å². The van der Waals surface area contributed by atoms with Crippen LogP contribution in [0, 0.1) is 0 Å². The third-order valence-corrected chi connectivity index (χ3v) is 4.66. The predicted octanol–water partition coefficient (Wildman–Crippen LogP) is 5.02. The smallest absolute Gasteiger partial charge is 0.147 e. The van der Waals surface area contributed by atoms with Gasteiger partial charge in [0.15, 0.2) is 0 Å². The van der Waals surface area contributed by atoms with E-state index in [0.29, 0.717) is 0 Å². The zero-order valence-electron chi connectivity index (χ0n) is 13.0. The molecule has 0 radical (unpaired) electrons. The molecular weight excluding hydrogens is 284 g/mol. The molecule has 0 bridgehead atoms. The lowest BCUT2D eigenvalue weighted by Gasteiger charge is -2.41. The van der Waals surface area contributed by atoms with E-state index in [4.69, 9.17) is 21.3 Å². The van der Waals surface area contributed by atoms with Gasteiger partial charge in [-0.05, 0) is 51.7 Å². The number of hydrogen-bond donors (Lipinski definition) is 0. The average molecular weight is 307 g/mol. The van der Waals surface area contributed by atoms with E-state index in [1.54, 1.807) is 0 Å². The van der Waals surface area contributed by atoms with Crippen molar-refractivity contribution in [2.24, 2.45) is 0 Å². The maximum absolute atomic E-state index is 6.40. The second-order valence-electron chi connectivity index (χ2n) is 6.24. The van der Waals surface area contributed by atoms with Crippen LogP contribution in [0.5, 0.6) is 5.75 Å². The summed E-state index contributed by atoms with van der Waals surface area (Å²) in [6.45, 7) is 7.13. The Kier molecular flexibility index (Phi) is 3.87. The molecule has 1 aromatic heterocycles. The Hall–Kier alpha value is -1.22. The summed E-state index contributed by atoms with van der Waals surface area (Å²) in [6, 6.07) is 6.19. The Morgan fingerprint density at radius 1 is 1.43 bits per heavy atom. The fraction of sp³-hybridized carbons (Fsp3) is 0.588. The highest BCUT2D eigenvalue weighted by molar-refractivity contribution is 6.20. The Morgan fingerprint density at radius 2 is 2.19 bits per heavy atom. The summed E-state index contributed by atoms with van der Waals surface area (Å²) in [6.07, 6.45) is 4.65. The molecule has 21 heavy (non-hydrogen) atoms.